The van der Waals surface area contributed by atoms with E-state index in [0.717, 1.165) is 43.4 Å². The smallest absolute Gasteiger partial charge is 0.242 e. The maximum Gasteiger partial charge on any atom is 0.242 e. The standard InChI is InChI=1S/C26H34N2O5S/c1-28(2)34(30,31)20-12-13-23(32-3)19(17-20)11-14-25(29)27-22-18-26(15-7-4-8-16-26)33-24-10-6-5-9-21(22)24/h5-6,9-10,12-13,17,22H,4,7-8,11,14-16,18H2,1-3H3,(H,27,29)/t22-/m0/s1. The third kappa shape index (κ3) is 5.08. The largest absolute Gasteiger partial charge is 0.496 e. The Balaban J connectivity index is 1.49. The van der Waals surface area contributed by atoms with Crippen molar-refractivity contribution in [2.24, 2.45) is 0 Å². The lowest BCUT2D eigenvalue weighted by atomic mass is 9.77. The fraction of sp³-hybridized carbons (Fsp3) is 0.500. The van der Waals surface area contributed by atoms with Crippen molar-refractivity contribution in [3.05, 3.63) is 53.6 Å². The molecule has 2 aromatic rings. The molecule has 1 aliphatic carbocycles. The molecule has 2 aromatic carbocycles. The highest BCUT2D eigenvalue weighted by Gasteiger charge is 2.42. The molecule has 0 unspecified atom stereocenters. The minimum atomic E-state index is -3.57. The number of amides is 1. The summed E-state index contributed by atoms with van der Waals surface area (Å²) in [5, 5.41) is 3.23. The topological polar surface area (TPSA) is 84.9 Å². The minimum Gasteiger partial charge on any atom is -0.496 e. The number of sulfonamides is 1. The normalized spacial score (nSPS) is 19.4. The molecular weight excluding hydrogens is 452 g/mol. The maximum atomic E-state index is 13.0. The summed E-state index contributed by atoms with van der Waals surface area (Å²) >= 11 is 0. The van der Waals surface area contributed by atoms with Gasteiger partial charge in [0.25, 0.3) is 0 Å². The van der Waals surface area contributed by atoms with Crippen molar-refractivity contribution in [1.82, 2.24) is 9.62 Å². The molecule has 8 heteroatoms. The van der Waals surface area contributed by atoms with E-state index in [9.17, 15) is 13.2 Å². The Kier molecular flexibility index (Phi) is 7.19. The van der Waals surface area contributed by atoms with Crippen LogP contribution in [0.2, 0.25) is 0 Å². The molecular formula is C26H34N2O5S. The molecule has 1 N–H and O–H groups in total. The van der Waals surface area contributed by atoms with Crippen molar-refractivity contribution < 1.29 is 22.7 Å². The van der Waals surface area contributed by atoms with E-state index >= 15 is 0 Å². The van der Waals surface area contributed by atoms with Gasteiger partial charge in [-0.25, -0.2) is 12.7 Å². The number of benzene rings is 2. The van der Waals surface area contributed by atoms with Crippen molar-refractivity contribution in [3.63, 3.8) is 0 Å². The molecule has 0 bridgehead atoms. The number of hydrogen-bond donors (Lipinski definition) is 1. The van der Waals surface area contributed by atoms with E-state index in [2.05, 4.69) is 5.32 Å². The molecule has 1 atom stereocenters. The summed E-state index contributed by atoms with van der Waals surface area (Å²) < 4.78 is 38.1. The zero-order chi connectivity index (χ0) is 24.3. The predicted molar refractivity (Wildman–Crippen MR) is 131 cm³/mol. The molecule has 0 aromatic heterocycles. The first-order chi connectivity index (χ1) is 16.2. The molecule has 1 fully saturated rings. The van der Waals surface area contributed by atoms with Crippen molar-refractivity contribution >= 4 is 15.9 Å². The molecule has 1 spiro atoms. The van der Waals surface area contributed by atoms with Gasteiger partial charge >= 0.3 is 0 Å². The summed E-state index contributed by atoms with van der Waals surface area (Å²) in [6.07, 6.45) is 6.93. The first-order valence-electron chi connectivity index (χ1n) is 11.9. The number of nitrogens with zero attached hydrogens (tertiary/aromatic N) is 1. The molecule has 1 aliphatic heterocycles. The highest BCUT2D eigenvalue weighted by Crippen LogP contribution is 2.46. The number of rotatable bonds is 7. The van der Waals surface area contributed by atoms with Gasteiger partial charge in [0, 0.05) is 32.5 Å². The van der Waals surface area contributed by atoms with E-state index < -0.39 is 10.0 Å². The van der Waals surface area contributed by atoms with Crippen LogP contribution in [-0.4, -0.2) is 45.4 Å². The number of carbonyl (C=O) groups is 1. The number of ether oxygens (including phenoxy) is 2. The van der Waals surface area contributed by atoms with Gasteiger partial charge in [-0.15, -0.1) is 0 Å². The zero-order valence-corrected chi connectivity index (χ0v) is 21.0. The second-order valence-electron chi connectivity index (χ2n) is 9.47. The van der Waals surface area contributed by atoms with Crippen molar-refractivity contribution in [2.45, 2.75) is 67.9 Å². The molecule has 7 nitrogen and oxygen atoms in total. The number of carbonyl (C=O) groups excluding carboxylic acids is 1. The second-order valence-corrected chi connectivity index (χ2v) is 11.6. The molecule has 0 saturated heterocycles. The summed E-state index contributed by atoms with van der Waals surface area (Å²) in [6.45, 7) is 0. The Morgan fingerprint density at radius 3 is 2.59 bits per heavy atom. The Morgan fingerprint density at radius 1 is 1.15 bits per heavy atom. The van der Waals surface area contributed by atoms with Gasteiger partial charge in [-0.1, -0.05) is 24.6 Å². The summed E-state index contributed by atoms with van der Waals surface area (Å²) in [7, 11) is 0.967. The van der Waals surface area contributed by atoms with Gasteiger partial charge in [-0.2, -0.15) is 0 Å². The molecule has 4 rings (SSSR count). The fourth-order valence-corrected chi connectivity index (χ4v) is 6.04. The quantitative estimate of drug-likeness (QED) is 0.633. The molecule has 2 aliphatic rings. The van der Waals surface area contributed by atoms with Crippen LogP contribution in [0.15, 0.2) is 47.4 Å². The lowest BCUT2D eigenvalue weighted by Crippen LogP contribution is -2.46. The highest BCUT2D eigenvalue weighted by atomic mass is 32.2. The number of aryl methyl sites for hydroxylation is 1. The number of methoxy groups -OCH3 is 1. The monoisotopic (exact) mass is 486 g/mol. The summed E-state index contributed by atoms with van der Waals surface area (Å²) in [6, 6.07) is 12.6. The van der Waals surface area contributed by atoms with Gasteiger partial charge in [0.15, 0.2) is 0 Å². The first-order valence-corrected chi connectivity index (χ1v) is 13.3. The third-order valence-electron chi connectivity index (χ3n) is 6.95. The Labute approximate surface area is 202 Å². The van der Waals surface area contributed by atoms with E-state index in [-0.39, 0.29) is 28.9 Å². The first kappa shape index (κ1) is 24.5. The van der Waals surface area contributed by atoms with Crippen molar-refractivity contribution in [2.75, 3.05) is 21.2 Å². The Morgan fingerprint density at radius 2 is 1.88 bits per heavy atom. The molecule has 0 radical (unpaired) electrons. The zero-order valence-electron chi connectivity index (χ0n) is 20.2. The third-order valence-corrected chi connectivity index (χ3v) is 8.76. The maximum absolute atomic E-state index is 13.0. The van der Waals surface area contributed by atoms with Gasteiger partial charge < -0.3 is 14.8 Å². The van der Waals surface area contributed by atoms with Crippen LogP contribution in [0.4, 0.5) is 0 Å². The Hall–Kier alpha value is -2.58. The summed E-state index contributed by atoms with van der Waals surface area (Å²) in [4.78, 5) is 13.2. The van der Waals surface area contributed by atoms with Gasteiger partial charge in [0.1, 0.15) is 17.1 Å². The lowest BCUT2D eigenvalue weighted by molar-refractivity contribution is -0.122. The molecule has 184 valence electrons. The van der Waals surface area contributed by atoms with Crippen LogP contribution in [-0.2, 0) is 21.2 Å². The van der Waals surface area contributed by atoms with Crippen LogP contribution in [0.5, 0.6) is 11.5 Å². The van der Waals surface area contributed by atoms with E-state index in [1.165, 1.54) is 30.9 Å². The van der Waals surface area contributed by atoms with Crippen LogP contribution >= 0.6 is 0 Å². The Bertz CT molecular complexity index is 1140. The second kappa shape index (κ2) is 9.96. The number of hydrogen-bond acceptors (Lipinski definition) is 5. The average molecular weight is 487 g/mol. The van der Waals surface area contributed by atoms with Crippen molar-refractivity contribution in [1.29, 1.82) is 0 Å². The molecule has 34 heavy (non-hydrogen) atoms. The predicted octanol–water partition coefficient (Wildman–Crippen LogP) is 4.22. The van der Waals surface area contributed by atoms with E-state index in [1.807, 2.05) is 24.3 Å². The molecule has 1 saturated carbocycles. The SMILES string of the molecule is COc1ccc(S(=O)(=O)N(C)C)cc1CCC(=O)N[C@H]1CC2(CCCCC2)Oc2ccccc21. The summed E-state index contributed by atoms with van der Waals surface area (Å²) in [5.74, 6) is 1.36. The van der Waals surface area contributed by atoms with Gasteiger partial charge in [0.2, 0.25) is 15.9 Å². The number of nitrogens with one attached hydrogen (secondary N) is 1. The lowest BCUT2D eigenvalue weighted by Gasteiger charge is -2.44. The average Bonchev–Trinajstić information content (AvgIpc) is 2.82. The fourth-order valence-electron chi connectivity index (χ4n) is 5.09. The van der Waals surface area contributed by atoms with Crippen LogP contribution < -0.4 is 14.8 Å². The van der Waals surface area contributed by atoms with Crippen LogP contribution in [0.25, 0.3) is 0 Å². The van der Waals surface area contributed by atoms with Crippen LogP contribution in [0.1, 0.15) is 62.1 Å². The van der Waals surface area contributed by atoms with Gasteiger partial charge in [-0.05, 0) is 61.9 Å². The van der Waals surface area contributed by atoms with Gasteiger partial charge in [0.05, 0.1) is 18.0 Å². The minimum absolute atomic E-state index is 0.0735. The van der Waals surface area contributed by atoms with E-state index in [4.69, 9.17) is 9.47 Å². The van der Waals surface area contributed by atoms with Crippen LogP contribution in [0, 0.1) is 0 Å². The molecule has 1 heterocycles. The van der Waals surface area contributed by atoms with E-state index in [1.54, 1.807) is 19.2 Å². The summed E-state index contributed by atoms with van der Waals surface area (Å²) in [5.41, 5.74) is 1.50. The van der Waals surface area contributed by atoms with Crippen LogP contribution in [0.3, 0.4) is 0 Å². The highest BCUT2D eigenvalue weighted by molar-refractivity contribution is 7.89. The molecule has 1 amide bonds. The van der Waals surface area contributed by atoms with Crippen molar-refractivity contribution in [3.8, 4) is 11.5 Å². The van der Waals surface area contributed by atoms with Gasteiger partial charge in [-0.3, -0.25) is 4.79 Å². The number of para-hydroxylation sites is 1. The number of fused-ring (bicyclic) bond motifs is 1. The van der Waals surface area contributed by atoms with E-state index in [0.29, 0.717) is 17.7 Å².